The van der Waals surface area contributed by atoms with Crippen LogP contribution in [0.5, 0.6) is 5.75 Å². The summed E-state index contributed by atoms with van der Waals surface area (Å²) in [6.07, 6.45) is 3.14. The van der Waals surface area contributed by atoms with Crippen LogP contribution in [0.2, 0.25) is 0 Å². The number of hydrogen-bond donors (Lipinski definition) is 1. The SMILES string of the molecule is Cc1cccc(O[C@H](C)C(=O)N[C@@H]2C[C@@H]3CC[C@@]2(C)C3(C)C)c1. The molecule has 2 bridgehead atoms. The molecular weight excluding hydrogens is 286 g/mol. The van der Waals surface area contributed by atoms with Crippen molar-refractivity contribution in [3.8, 4) is 5.75 Å². The number of carbonyl (C=O) groups excluding carboxylic acids is 1. The van der Waals surface area contributed by atoms with E-state index in [9.17, 15) is 4.79 Å². The first-order valence-corrected chi connectivity index (χ1v) is 8.78. The zero-order valence-electron chi connectivity index (χ0n) is 15.0. The summed E-state index contributed by atoms with van der Waals surface area (Å²) < 4.78 is 5.82. The summed E-state index contributed by atoms with van der Waals surface area (Å²) >= 11 is 0. The fourth-order valence-corrected chi connectivity index (χ4v) is 4.66. The monoisotopic (exact) mass is 315 g/mol. The van der Waals surface area contributed by atoms with Crippen molar-refractivity contribution < 1.29 is 9.53 Å². The fourth-order valence-electron chi connectivity index (χ4n) is 4.66. The van der Waals surface area contributed by atoms with Gasteiger partial charge in [-0.15, -0.1) is 0 Å². The summed E-state index contributed by atoms with van der Waals surface area (Å²) in [6, 6.07) is 8.11. The molecule has 126 valence electrons. The highest BCUT2D eigenvalue weighted by Crippen LogP contribution is 2.65. The minimum absolute atomic E-state index is 0.00100. The van der Waals surface area contributed by atoms with Gasteiger partial charge in [-0.25, -0.2) is 0 Å². The van der Waals surface area contributed by atoms with Crippen LogP contribution < -0.4 is 10.1 Å². The van der Waals surface area contributed by atoms with E-state index in [0.29, 0.717) is 5.41 Å². The minimum Gasteiger partial charge on any atom is -0.481 e. The molecule has 23 heavy (non-hydrogen) atoms. The van der Waals surface area contributed by atoms with Crippen molar-refractivity contribution in [1.82, 2.24) is 5.32 Å². The van der Waals surface area contributed by atoms with Crippen LogP contribution in [0.4, 0.5) is 0 Å². The standard InChI is InChI=1S/C20H29NO2/c1-13-7-6-8-16(11-13)23-14(2)18(22)21-17-12-15-9-10-20(17,5)19(15,3)4/h6-8,11,14-15,17H,9-10,12H2,1-5H3,(H,21,22)/t14-,15+,17-,20-/m1/s1. The van der Waals surface area contributed by atoms with Gasteiger partial charge in [-0.1, -0.05) is 32.9 Å². The van der Waals surface area contributed by atoms with Gasteiger partial charge in [-0.2, -0.15) is 0 Å². The van der Waals surface area contributed by atoms with Crippen molar-refractivity contribution in [1.29, 1.82) is 0 Å². The van der Waals surface area contributed by atoms with Gasteiger partial charge >= 0.3 is 0 Å². The largest absolute Gasteiger partial charge is 0.481 e. The van der Waals surface area contributed by atoms with Gasteiger partial charge in [-0.05, 0) is 67.6 Å². The van der Waals surface area contributed by atoms with Crippen molar-refractivity contribution in [3.63, 3.8) is 0 Å². The molecule has 0 aliphatic heterocycles. The molecule has 2 aliphatic rings. The maximum Gasteiger partial charge on any atom is 0.261 e. The number of carbonyl (C=O) groups is 1. The maximum absolute atomic E-state index is 12.6. The zero-order valence-corrected chi connectivity index (χ0v) is 15.0. The average Bonchev–Trinajstić information content (AvgIpc) is 2.80. The molecule has 3 nitrogen and oxygen atoms in total. The topological polar surface area (TPSA) is 38.3 Å². The van der Waals surface area contributed by atoms with Crippen molar-refractivity contribution in [2.45, 2.75) is 66.0 Å². The Morgan fingerprint density at radius 2 is 2.09 bits per heavy atom. The first-order valence-electron chi connectivity index (χ1n) is 8.78. The summed E-state index contributed by atoms with van der Waals surface area (Å²) in [4.78, 5) is 12.6. The Labute approximate surface area is 139 Å². The second-order valence-corrected chi connectivity index (χ2v) is 8.25. The van der Waals surface area contributed by atoms with Gasteiger partial charge in [0, 0.05) is 6.04 Å². The normalized spacial score (nSPS) is 32.6. The highest BCUT2D eigenvalue weighted by atomic mass is 16.5. The minimum atomic E-state index is -0.470. The van der Waals surface area contributed by atoms with E-state index >= 15 is 0 Å². The highest BCUT2D eigenvalue weighted by molar-refractivity contribution is 5.81. The molecule has 3 heteroatoms. The first kappa shape index (κ1) is 16.4. The van der Waals surface area contributed by atoms with Crippen molar-refractivity contribution in [3.05, 3.63) is 29.8 Å². The fraction of sp³-hybridized carbons (Fsp3) is 0.650. The molecule has 0 heterocycles. The lowest BCUT2D eigenvalue weighted by atomic mass is 9.69. The molecular formula is C20H29NO2. The molecule has 2 aliphatic carbocycles. The van der Waals surface area contributed by atoms with E-state index in [-0.39, 0.29) is 17.4 Å². The van der Waals surface area contributed by atoms with Crippen LogP contribution in [-0.2, 0) is 4.79 Å². The molecule has 1 aromatic carbocycles. The van der Waals surface area contributed by atoms with Gasteiger partial charge in [0.2, 0.25) is 0 Å². The maximum atomic E-state index is 12.6. The van der Waals surface area contributed by atoms with Crippen molar-refractivity contribution in [2.75, 3.05) is 0 Å². The molecule has 0 aromatic heterocycles. The van der Waals surface area contributed by atoms with Gasteiger partial charge in [0.1, 0.15) is 5.75 Å². The Hall–Kier alpha value is -1.51. The van der Waals surface area contributed by atoms with Crippen LogP contribution in [-0.4, -0.2) is 18.1 Å². The Morgan fingerprint density at radius 1 is 1.35 bits per heavy atom. The third kappa shape index (κ3) is 2.64. The highest BCUT2D eigenvalue weighted by Gasteiger charge is 2.61. The number of benzene rings is 1. The molecule has 1 aromatic rings. The number of fused-ring (bicyclic) bond motifs is 2. The number of rotatable bonds is 4. The van der Waals surface area contributed by atoms with Gasteiger partial charge in [0.05, 0.1) is 0 Å². The molecule has 0 spiro atoms. The number of nitrogens with one attached hydrogen (secondary N) is 1. The van der Waals surface area contributed by atoms with E-state index in [2.05, 4.69) is 26.1 Å². The molecule has 0 unspecified atom stereocenters. The van der Waals surface area contributed by atoms with Crippen molar-refractivity contribution >= 4 is 5.91 Å². The molecule has 0 radical (unpaired) electrons. The summed E-state index contributed by atoms with van der Waals surface area (Å²) in [5.41, 5.74) is 1.65. The van der Waals surface area contributed by atoms with Gasteiger partial charge in [0.15, 0.2) is 6.10 Å². The first-order chi connectivity index (χ1) is 10.7. The number of hydrogen-bond acceptors (Lipinski definition) is 2. The van der Waals surface area contributed by atoms with Crippen LogP contribution in [0.25, 0.3) is 0 Å². The quantitative estimate of drug-likeness (QED) is 0.908. The predicted octanol–water partition coefficient (Wildman–Crippen LogP) is 4.09. The smallest absolute Gasteiger partial charge is 0.261 e. The van der Waals surface area contributed by atoms with Gasteiger partial charge in [0.25, 0.3) is 5.91 Å². The van der Waals surface area contributed by atoms with Crippen LogP contribution in [0.15, 0.2) is 24.3 Å². The second-order valence-electron chi connectivity index (χ2n) is 8.25. The molecule has 2 fully saturated rings. The molecule has 1 amide bonds. The zero-order chi connectivity index (χ0) is 16.8. The van der Waals surface area contributed by atoms with Crippen LogP contribution in [0.3, 0.4) is 0 Å². The number of aryl methyl sites for hydroxylation is 1. The Balaban J connectivity index is 1.64. The molecule has 1 N–H and O–H groups in total. The second kappa shape index (κ2) is 5.54. The molecule has 3 rings (SSSR count). The van der Waals surface area contributed by atoms with E-state index in [1.165, 1.54) is 12.8 Å². The van der Waals surface area contributed by atoms with Crippen molar-refractivity contribution in [2.24, 2.45) is 16.7 Å². The lowest BCUT2D eigenvalue weighted by Gasteiger charge is -2.39. The summed E-state index contributed by atoms with van der Waals surface area (Å²) in [5, 5.41) is 3.28. The lowest BCUT2D eigenvalue weighted by Crippen LogP contribution is -2.50. The Morgan fingerprint density at radius 3 is 2.65 bits per heavy atom. The number of amides is 1. The summed E-state index contributed by atoms with van der Waals surface area (Å²) in [5.74, 6) is 1.49. The third-order valence-corrected chi connectivity index (χ3v) is 6.78. The van der Waals surface area contributed by atoms with E-state index in [1.807, 2.05) is 38.1 Å². The molecule has 4 atom stereocenters. The number of ether oxygens (including phenoxy) is 1. The molecule has 2 saturated carbocycles. The average molecular weight is 315 g/mol. The Bertz CT molecular complexity index is 609. The van der Waals surface area contributed by atoms with E-state index in [4.69, 9.17) is 4.74 Å². The summed E-state index contributed by atoms with van der Waals surface area (Å²) in [7, 11) is 0. The van der Waals surface area contributed by atoms with Crippen LogP contribution in [0.1, 0.15) is 52.5 Å². The predicted molar refractivity (Wildman–Crippen MR) is 92.4 cm³/mol. The third-order valence-electron chi connectivity index (χ3n) is 6.78. The molecule has 0 saturated heterocycles. The van der Waals surface area contributed by atoms with Gasteiger partial charge in [-0.3, -0.25) is 4.79 Å². The van der Waals surface area contributed by atoms with Gasteiger partial charge < -0.3 is 10.1 Å². The summed E-state index contributed by atoms with van der Waals surface area (Å²) in [6.45, 7) is 10.9. The van der Waals surface area contributed by atoms with Crippen LogP contribution in [0, 0.1) is 23.7 Å². The lowest BCUT2D eigenvalue weighted by molar-refractivity contribution is -0.129. The Kier molecular flexibility index (Phi) is 3.94. The van der Waals surface area contributed by atoms with Crippen LogP contribution >= 0.6 is 0 Å². The van der Waals surface area contributed by atoms with E-state index in [1.54, 1.807) is 0 Å². The van der Waals surface area contributed by atoms with E-state index < -0.39 is 6.10 Å². The van der Waals surface area contributed by atoms with E-state index in [0.717, 1.165) is 23.7 Å².